The minimum absolute atomic E-state index is 0. The van der Waals surface area contributed by atoms with Crippen molar-refractivity contribution in [3.63, 3.8) is 0 Å². The van der Waals surface area contributed by atoms with Crippen molar-refractivity contribution in [1.82, 2.24) is 0 Å². The van der Waals surface area contributed by atoms with Gasteiger partial charge in [0.2, 0.25) is 0 Å². The summed E-state index contributed by atoms with van der Waals surface area (Å²) in [6.45, 7) is 3.88. The number of carboxylic acid groups (broad SMARTS) is 2. The van der Waals surface area contributed by atoms with Gasteiger partial charge < -0.3 is 10.2 Å². The lowest BCUT2D eigenvalue weighted by molar-refractivity contribution is -0.166. The summed E-state index contributed by atoms with van der Waals surface area (Å²) in [5, 5.41) is 18.2. The molecular formula is C12H24MgO4. The van der Waals surface area contributed by atoms with Crippen molar-refractivity contribution in [2.24, 2.45) is 5.41 Å². The van der Waals surface area contributed by atoms with Gasteiger partial charge in [0, 0.05) is 0 Å². The highest BCUT2D eigenvalue weighted by Gasteiger charge is 2.44. The first-order chi connectivity index (χ1) is 7.51. The molecule has 0 heterocycles. The minimum atomic E-state index is -1.57. The fourth-order valence-electron chi connectivity index (χ4n) is 1.92. The van der Waals surface area contributed by atoms with E-state index in [1.54, 1.807) is 0 Å². The summed E-state index contributed by atoms with van der Waals surface area (Å²) >= 11 is 0. The Kier molecular flexibility index (Phi) is 10.9. The average Bonchev–Trinajstić information content (AvgIpc) is 2.21. The summed E-state index contributed by atoms with van der Waals surface area (Å²) in [5.74, 6) is -2.39. The molecule has 0 rings (SSSR count). The topological polar surface area (TPSA) is 74.6 Å². The van der Waals surface area contributed by atoms with Gasteiger partial charge in [-0.25, -0.2) is 0 Å². The molecule has 0 radical (unpaired) electrons. The van der Waals surface area contributed by atoms with Crippen LogP contribution in [0.2, 0.25) is 0 Å². The molecule has 17 heavy (non-hydrogen) atoms. The summed E-state index contributed by atoms with van der Waals surface area (Å²) in [5.41, 5.74) is -1.57. The quantitative estimate of drug-likeness (QED) is 0.376. The van der Waals surface area contributed by atoms with Gasteiger partial charge in [-0.1, -0.05) is 46.0 Å². The van der Waals surface area contributed by atoms with E-state index < -0.39 is 17.4 Å². The molecule has 2 N–H and O–H groups in total. The summed E-state index contributed by atoms with van der Waals surface area (Å²) in [7, 11) is 0. The zero-order valence-corrected chi connectivity index (χ0v) is 10.2. The predicted molar refractivity (Wildman–Crippen MR) is 69.9 cm³/mol. The molecule has 0 aromatic carbocycles. The van der Waals surface area contributed by atoms with Crippen molar-refractivity contribution in [2.45, 2.75) is 58.8 Å². The van der Waals surface area contributed by atoms with Crippen LogP contribution in [0.4, 0.5) is 0 Å². The summed E-state index contributed by atoms with van der Waals surface area (Å²) in [4.78, 5) is 22.3. The molecular weight excluding hydrogens is 232 g/mol. The van der Waals surface area contributed by atoms with Crippen LogP contribution in [0.5, 0.6) is 0 Å². The first kappa shape index (κ1) is 19.1. The highest BCUT2D eigenvalue weighted by atomic mass is 24.3. The number of rotatable bonds is 9. The molecule has 98 valence electrons. The second kappa shape index (κ2) is 9.71. The fraction of sp³-hybridized carbons (Fsp3) is 0.833. The van der Waals surface area contributed by atoms with E-state index in [4.69, 9.17) is 10.2 Å². The van der Waals surface area contributed by atoms with Crippen molar-refractivity contribution in [2.75, 3.05) is 0 Å². The molecule has 0 saturated heterocycles. The van der Waals surface area contributed by atoms with Crippen LogP contribution in [-0.4, -0.2) is 45.2 Å². The Bertz CT molecular complexity index is 227. The van der Waals surface area contributed by atoms with E-state index in [9.17, 15) is 9.59 Å². The lowest BCUT2D eigenvalue weighted by Crippen LogP contribution is -2.39. The van der Waals surface area contributed by atoms with Gasteiger partial charge in [0.15, 0.2) is 5.41 Å². The molecule has 0 fully saturated rings. The van der Waals surface area contributed by atoms with Crippen LogP contribution < -0.4 is 0 Å². The minimum Gasteiger partial charge on any atom is -0.480 e. The normalized spacial score (nSPS) is 10.7. The summed E-state index contributed by atoms with van der Waals surface area (Å²) in [6.07, 6.45) is 4.69. The maximum Gasteiger partial charge on any atom is 0.321 e. The average molecular weight is 257 g/mol. The van der Waals surface area contributed by atoms with E-state index in [1.165, 1.54) is 0 Å². The van der Waals surface area contributed by atoms with Crippen LogP contribution in [0.15, 0.2) is 0 Å². The van der Waals surface area contributed by atoms with E-state index in [-0.39, 0.29) is 35.9 Å². The van der Waals surface area contributed by atoms with Crippen LogP contribution >= 0.6 is 0 Å². The van der Waals surface area contributed by atoms with E-state index in [0.29, 0.717) is 12.8 Å². The van der Waals surface area contributed by atoms with E-state index in [2.05, 4.69) is 6.92 Å². The van der Waals surface area contributed by atoms with Crippen LogP contribution in [0.1, 0.15) is 58.8 Å². The number of hydrogen-bond donors (Lipinski definition) is 2. The summed E-state index contributed by atoms with van der Waals surface area (Å²) in [6, 6.07) is 0. The highest BCUT2D eigenvalue weighted by Crippen LogP contribution is 2.31. The number of carbonyl (C=O) groups is 2. The molecule has 0 aromatic heterocycles. The molecule has 5 heteroatoms. The van der Waals surface area contributed by atoms with Crippen LogP contribution in [0.25, 0.3) is 0 Å². The summed E-state index contributed by atoms with van der Waals surface area (Å²) < 4.78 is 0. The van der Waals surface area contributed by atoms with Gasteiger partial charge in [-0.15, -0.1) is 0 Å². The Morgan fingerprint density at radius 1 is 0.882 bits per heavy atom. The third-order valence-corrected chi connectivity index (χ3v) is 2.95. The Labute approximate surface area is 119 Å². The zero-order chi connectivity index (χ0) is 12.6. The first-order valence-corrected chi connectivity index (χ1v) is 5.98. The van der Waals surface area contributed by atoms with E-state index in [0.717, 1.165) is 19.3 Å². The smallest absolute Gasteiger partial charge is 0.321 e. The van der Waals surface area contributed by atoms with Gasteiger partial charge in [-0.05, 0) is 12.8 Å². The van der Waals surface area contributed by atoms with Gasteiger partial charge in [-0.3, -0.25) is 9.59 Å². The van der Waals surface area contributed by atoms with Gasteiger partial charge in [0.05, 0.1) is 0 Å². The van der Waals surface area contributed by atoms with Crippen molar-refractivity contribution in [3.05, 3.63) is 0 Å². The third kappa shape index (κ3) is 5.72. The lowest BCUT2D eigenvalue weighted by atomic mass is 9.78. The van der Waals surface area contributed by atoms with Crippen molar-refractivity contribution in [1.29, 1.82) is 0 Å². The highest BCUT2D eigenvalue weighted by molar-refractivity contribution is 5.98. The largest absolute Gasteiger partial charge is 0.480 e. The predicted octanol–water partition coefficient (Wildman–Crippen LogP) is 2.00. The van der Waals surface area contributed by atoms with Crippen molar-refractivity contribution in [3.8, 4) is 0 Å². The maximum atomic E-state index is 11.1. The number of carboxylic acids is 2. The van der Waals surface area contributed by atoms with Gasteiger partial charge in [0.1, 0.15) is 0 Å². The van der Waals surface area contributed by atoms with Gasteiger partial charge in [-0.2, -0.15) is 0 Å². The van der Waals surface area contributed by atoms with Gasteiger partial charge >= 0.3 is 35.0 Å². The third-order valence-electron chi connectivity index (χ3n) is 2.95. The monoisotopic (exact) mass is 256 g/mol. The standard InChI is InChI=1S/C12H22O4.Mg.2H/c1-3-5-6-7-9-12(8-4-2,10(13)14)11(15)16;;;/h3-9H2,1-2H3,(H,13,14)(H,15,16);;;. The zero-order valence-electron chi connectivity index (χ0n) is 10.2. The Morgan fingerprint density at radius 3 is 1.76 bits per heavy atom. The molecule has 0 aliphatic heterocycles. The SMILES string of the molecule is CCCCCCC(CCC)(C(=O)O)C(=O)O.[MgH2]. The van der Waals surface area contributed by atoms with E-state index in [1.807, 2.05) is 6.92 Å². The van der Waals surface area contributed by atoms with Gasteiger partial charge in [0.25, 0.3) is 0 Å². The Balaban J connectivity index is 0. The number of aliphatic carboxylic acids is 2. The molecule has 0 unspecified atom stereocenters. The lowest BCUT2D eigenvalue weighted by Gasteiger charge is -2.24. The van der Waals surface area contributed by atoms with Crippen LogP contribution in [0.3, 0.4) is 0 Å². The fourth-order valence-corrected chi connectivity index (χ4v) is 1.92. The molecule has 4 nitrogen and oxygen atoms in total. The Hall–Kier alpha value is -0.294. The van der Waals surface area contributed by atoms with E-state index >= 15 is 0 Å². The van der Waals surface area contributed by atoms with Crippen molar-refractivity contribution < 1.29 is 19.8 Å². The number of unbranched alkanes of at least 4 members (excludes halogenated alkanes) is 3. The molecule has 0 aliphatic carbocycles. The Morgan fingerprint density at radius 2 is 1.41 bits per heavy atom. The molecule has 0 saturated carbocycles. The van der Waals surface area contributed by atoms with Crippen LogP contribution in [0, 0.1) is 5.41 Å². The number of hydrogen-bond acceptors (Lipinski definition) is 2. The molecule has 0 atom stereocenters. The second-order valence-corrected chi connectivity index (χ2v) is 4.25. The van der Waals surface area contributed by atoms with Crippen LogP contribution in [-0.2, 0) is 9.59 Å². The molecule has 0 aromatic rings. The van der Waals surface area contributed by atoms with Crippen molar-refractivity contribution >= 4 is 35.0 Å². The molecule has 0 bridgehead atoms. The maximum absolute atomic E-state index is 11.1. The second-order valence-electron chi connectivity index (χ2n) is 4.25. The molecule has 0 amide bonds. The molecule has 0 spiro atoms. The molecule has 0 aliphatic rings. The first-order valence-electron chi connectivity index (χ1n) is 5.98.